The van der Waals surface area contributed by atoms with Gasteiger partial charge in [-0.3, -0.25) is 0 Å². The predicted molar refractivity (Wildman–Crippen MR) is 78.7 cm³/mol. The Bertz CT molecular complexity index is 576. The van der Waals surface area contributed by atoms with Crippen molar-refractivity contribution in [3.05, 3.63) is 34.3 Å². The summed E-state index contributed by atoms with van der Waals surface area (Å²) >= 11 is 3.58. The number of hydrogen-bond donors (Lipinski definition) is 0. The highest BCUT2D eigenvalue weighted by Gasteiger charge is 2.12. The number of methoxy groups -OCH3 is 1. The van der Waals surface area contributed by atoms with Crippen LogP contribution in [0.15, 0.2) is 28.7 Å². The van der Waals surface area contributed by atoms with Gasteiger partial charge in [0, 0.05) is 9.86 Å². The van der Waals surface area contributed by atoms with Gasteiger partial charge in [0.25, 0.3) is 0 Å². The van der Waals surface area contributed by atoms with Crippen molar-refractivity contribution >= 4 is 26.7 Å². The molecule has 2 rings (SSSR count). The van der Waals surface area contributed by atoms with Crippen molar-refractivity contribution in [1.29, 1.82) is 0 Å². The first-order chi connectivity index (χ1) is 8.52. The first-order valence-corrected chi connectivity index (χ1v) is 6.75. The lowest BCUT2D eigenvalue weighted by atomic mass is 10.1. The van der Waals surface area contributed by atoms with Gasteiger partial charge in [-0.2, -0.15) is 0 Å². The Morgan fingerprint density at radius 1 is 1.11 bits per heavy atom. The van der Waals surface area contributed by atoms with E-state index >= 15 is 0 Å². The molecular weight excluding hydrogens is 292 g/mol. The lowest BCUT2D eigenvalue weighted by Gasteiger charge is -2.16. The Morgan fingerprint density at radius 2 is 1.83 bits per heavy atom. The molecule has 0 fully saturated rings. The SMILES string of the molecule is COc1cc(C)cc2c(Br)ccc(OC(C)C)c12. The molecule has 0 aliphatic carbocycles. The van der Waals surface area contributed by atoms with Gasteiger partial charge >= 0.3 is 0 Å². The zero-order chi connectivity index (χ0) is 13.3. The first kappa shape index (κ1) is 13.2. The van der Waals surface area contributed by atoms with E-state index in [1.807, 2.05) is 32.0 Å². The highest BCUT2D eigenvalue weighted by Crippen LogP contribution is 2.39. The molecule has 0 unspecified atom stereocenters. The molecule has 96 valence electrons. The van der Waals surface area contributed by atoms with Gasteiger partial charge in [-0.05, 0) is 50.6 Å². The summed E-state index contributed by atoms with van der Waals surface area (Å²) < 4.78 is 12.4. The standard InChI is InChI=1S/C15H17BrO2/c1-9(2)18-13-6-5-12(16)11-7-10(3)8-14(17-4)15(11)13/h5-9H,1-4H3. The molecule has 0 spiro atoms. The second-order valence-corrected chi connectivity index (χ2v) is 5.46. The van der Waals surface area contributed by atoms with Crippen molar-refractivity contribution in [2.45, 2.75) is 26.9 Å². The summed E-state index contributed by atoms with van der Waals surface area (Å²) in [6.45, 7) is 6.10. The summed E-state index contributed by atoms with van der Waals surface area (Å²) in [7, 11) is 1.69. The van der Waals surface area contributed by atoms with Crippen LogP contribution in [0.2, 0.25) is 0 Å². The van der Waals surface area contributed by atoms with E-state index in [0.29, 0.717) is 0 Å². The second kappa shape index (κ2) is 5.19. The largest absolute Gasteiger partial charge is 0.496 e. The van der Waals surface area contributed by atoms with Gasteiger partial charge in [-0.1, -0.05) is 15.9 Å². The van der Waals surface area contributed by atoms with Crippen molar-refractivity contribution < 1.29 is 9.47 Å². The van der Waals surface area contributed by atoms with Crippen molar-refractivity contribution in [3.63, 3.8) is 0 Å². The Morgan fingerprint density at radius 3 is 2.44 bits per heavy atom. The van der Waals surface area contributed by atoms with Gasteiger partial charge in [0.2, 0.25) is 0 Å². The molecule has 0 saturated carbocycles. The number of ether oxygens (including phenoxy) is 2. The number of halogens is 1. The summed E-state index contributed by atoms with van der Waals surface area (Å²) in [6, 6.07) is 8.15. The van der Waals surface area contributed by atoms with Gasteiger partial charge in [0.05, 0.1) is 18.6 Å². The molecule has 0 N–H and O–H groups in total. The quantitative estimate of drug-likeness (QED) is 0.817. The number of aryl methyl sites for hydroxylation is 1. The lowest BCUT2D eigenvalue weighted by molar-refractivity contribution is 0.245. The molecule has 0 saturated heterocycles. The van der Waals surface area contributed by atoms with Gasteiger partial charge in [0.15, 0.2) is 0 Å². The minimum Gasteiger partial charge on any atom is -0.496 e. The van der Waals surface area contributed by atoms with Crippen molar-refractivity contribution in [3.8, 4) is 11.5 Å². The second-order valence-electron chi connectivity index (χ2n) is 4.60. The molecule has 2 aromatic carbocycles. The van der Waals surface area contributed by atoms with Crippen LogP contribution in [0.1, 0.15) is 19.4 Å². The molecule has 0 atom stereocenters. The Kier molecular flexibility index (Phi) is 3.81. The summed E-state index contributed by atoms with van der Waals surface area (Å²) in [5.74, 6) is 1.71. The van der Waals surface area contributed by atoms with Crippen LogP contribution in [0.5, 0.6) is 11.5 Å². The third-order valence-electron chi connectivity index (χ3n) is 2.71. The third-order valence-corrected chi connectivity index (χ3v) is 3.41. The normalized spacial score (nSPS) is 11.0. The van der Waals surface area contributed by atoms with E-state index in [1.54, 1.807) is 7.11 Å². The van der Waals surface area contributed by atoms with Crippen LogP contribution in [0.25, 0.3) is 10.8 Å². The van der Waals surface area contributed by atoms with E-state index in [4.69, 9.17) is 9.47 Å². The van der Waals surface area contributed by atoms with E-state index in [9.17, 15) is 0 Å². The highest BCUT2D eigenvalue weighted by atomic mass is 79.9. The third kappa shape index (κ3) is 2.46. The maximum absolute atomic E-state index is 5.86. The van der Waals surface area contributed by atoms with Crippen molar-refractivity contribution in [2.24, 2.45) is 0 Å². The van der Waals surface area contributed by atoms with E-state index in [0.717, 1.165) is 26.7 Å². The molecule has 0 radical (unpaired) electrons. The smallest absolute Gasteiger partial charge is 0.131 e. The van der Waals surface area contributed by atoms with Gasteiger partial charge in [0.1, 0.15) is 11.5 Å². The van der Waals surface area contributed by atoms with E-state index in [1.165, 1.54) is 5.56 Å². The highest BCUT2D eigenvalue weighted by molar-refractivity contribution is 9.10. The molecule has 3 heteroatoms. The molecule has 0 aliphatic heterocycles. The summed E-state index contributed by atoms with van der Waals surface area (Å²) in [6.07, 6.45) is 0.139. The maximum Gasteiger partial charge on any atom is 0.131 e. The van der Waals surface area contributed by atoms with Crippen LogP contribution < -0.4 is 9.47 Å². The van der Waals surface area contributed by atoms with Crippen LogP contribution >= 0.6 is 15.9 Å². The fourth-order valence-corrected chi connectivity index (χ4v) is 2.48. The monoisotopic (exact) mass is 308 g/mol. The molecular formula is C15H17BrO2. The summed E-state index contributed by atoms with van der Waals surface area (Å²) in [4.78, 5) is 0. The van der Waals surface area contributed by atoms with Gasteiger partial charge in [-0.25, -0.2) is 0 Å². The maximum atomic E-state index is 5.86. The molecule has 0 amide bonds. The average molecular weight is 309 g/mol. The summed E-state index contributed by atoms with van der Waals surface area (Å²) in [5.41, 5.74) is 1.17. The molecule has 0 aliphatic rings. The van der Waals surface area contributed by atoms with Crippen LogP contribution in [-0.2, 0) is 0 Å². The topological polar surface area (TPSA) is 18.5 Å². The zero-order valence-corrected chi connectivity index (χ0v) is 12.7. The Labute approximate surface area is 116 Å². The van der Waals surface area contributed by atoms with Crippen LogP contribution in [0.3, 0.4) is 0 Å². The first-order valence-electron chi connectivity index (χ1n) is 5.96. The Hall–Kier alpha value is -1.22. The number of benzene rings is 2. The van der Waals surface area contributed by atoms with E-state index in [2.05, 4.69) is 28.9 Å². The van der Waals surface area contributed by atoms with Gasteiger partial charge in [-0.15, -0.1) is 0 Å². The molecule has 0 bridgehead atoms. The van der Waals surface area contributed by atoms with E-state index < -0.39 is 0 Å². The zero-order valence-electron chi connectivity index (χ0n) is 11.1. The minimum atomic E-state index is 0.139. The Balaban J connectivity index is 2.77. The molecule has 0 heterocycles. The molecule has 2 aromatic rings. The number of fused-ring (bicyclic) bond motifs is 1. The van der Waals surface area contributed by atoms with Crippen LogP contribution in [-0.4, -0.2) is 13.2 Å². The van der Waals surface area contributed by atoms with Gasteiger partial charge < -0.3 is 9.47 Å². The predicted octanol–water partition coefficient (Wildman–Crippen LogP) is 4.71. The molecule has 0 aromatic heterocycles. The fourth-order valence-electron chi connectivity index (χ4n) is 2.03. The molecule has 2 nitrogen and oxygen atoms in total. The number of rotatable bonds is 3. The van der Waals surface area contributed by atoms with Crippen molar-refractivity contribution in [1.82, 2.24) is 0 Å². The van der Waals surface area contributed by atoms with E-state index in [-0.39, 0.29) is 6.10 Å². The number of hydrogen-bond acceptors (Lipinski definition) is 2. The summed E-state index contributed by atoms with van der Waals surface area (Å²) in [5, 5.41) is 2.14. The fraction of sp³-hybridized carbons (Fsp3) is 0.333. The molecule has 18 heavy (non-hydrogen) atoms. The van der Waals surface area contributed by atoms with Crippen molar-refractivity contribution in [2.75, 3.05) is 7.11 Å². The van der Waals surface area contributed by atoms with Crippen LogP contribution in [0.4, 0.5) is 0 Å². The average Bonchev–Trinajstić information content (AvgIpc) is 2.31. The van der Waals surface area contributed by atoms with Crippen LogP contribution in [0, 0.1) is 6.92 Å². The minimum absolute atomic E-state index is 0.139. The lowest BCUT2D eigenvalue weighted by Crippen LogP contribution is -2.06.